The second-order valence-corrected chi connectivity index (χ2v) is 23.5. The zero-order valence-electron chi connectivity index (χ0n) is 51.5. The number of allylic oxidation sites excluding steroid dienone is 10. The van der Waals surface area contributed by atoms with Gasteiger partial charge in [-0.15, -0.1) is 0 Å². The molecule has 0 aliphatic carbocycles. The summed E-state index contributed by atoms with van der Waals surface area (Å²) in [7, 11) is 0. The molecule has 1 amide bonds. The maximum absolute atomic E-state index is 12.6. The molecule has 6 nitrogen and oxygen atoms in total. The van der Waals surface area contributed by atoms with Crippen LogP contribution in [0.4, 0.5) is 0 Å². The van der Waals surface area contributed by atoms with Gasteiger partial charge in [-0.25, -0.2) is 0 Å². The summed E-state index contributed by atoms with van der Waals surface area (Å²) in [5, 5.41) is 44.1. The molecule has 0 aromatic heterocycles. The molecule has 0 heterocycles. The van der Waals surface area contributed by atoms with E-state index in [4.69, 9.17) is 0 Å². The number of rotatable bonds is 63. The van der Waals surface area contributed by atoms with Gasteiger partial charge in [-0.3, -0.25) is 4.79 Å². The zero-order chi connectivity index (χ0) is 55.8. The van der Waals surface area contributed by atoms with E-state index in [9.17, 15) is 25.2 Å². The van der Waals surface area contributed by atoms with Crippen LogP contribution in [-0.4, -0.2) is 57.3 Å². The van der Waals surface area contributed by atoms with Crippen molar-refractivity contribution in [2.75, 3.05) is 6.61 Å². The monoisotopic (exact) mass is 1080 g/mol. The summed E-state index contributed by atoms with van der Waals surface area (Å²) >= 11 is 0. The summed E-state index contributed by atoms with van der Waals surface area (Å²) in [6.45, 7) is 4.08. The first kappa shape index (κ1) is 75.0. The van der Waals surface area contributed by atoms with Crippen molar-refractivity contribution >= 4 is 5.91 Å². The van der Waals surface area contributed by atoms with Gasteiger partial charge in [0.1, 0.15) is 12.2 Å². The lowest BCUT2D eigenvalue weighted by Gasteiger charge is -2.27. The van der Waals surface area contributed by atoms with Crippen LogP contribution < -0.4 is 5.32 Å². The van der Waals surface area contributed by atoms with Gasteiger partial charge in [0.2, 0.25) is 5.91 Å². The molecule has 0 bridgehead atoms. The molecular formula is C71H133NO5. The first-order valence-corrected chi connectivity index (χ1v) is 34.2. The van der Waals surface area contributed by atoms with E-state index in [2.05, 4.69) is 79.9 Å². The van der Waals surface area contributed by atoms with E-state index in [0.717, 1.165) is 57.8 Å². The van der Waals surface area contributed by atoms with Gasteiger partial charge in [0.05, 0.1) is 18.8 Å². The van der Waals surface area contributed by atoms with Crippen LogP contribution in [0.1, 0.15) is 354 Å². The lowest BCUT2D eigenvalue weighted by molar-refractivity contribution is -0.132. The van der Waals surface area contributed by atoms with Crippen LogP contribution in [0.25, 0.3) is 0 Å². The SMILES string of the molecule is CCCCCCCCCCC/C=C\C/C=C\CCCCCCCCCCCCCCCCC(O)C(=O)NC(CO)C(O)C(O)CCC/C=C/CC/C=C/CC/C=C/CCCCCCCCCCCCCCCCCCCC. The number of aliphatic hydroxyl groups is 4. The number of carbonyl (C=O) groups excluding carboxylic acids is 1. The number of unbranched alkanes of at least 4 members (excludes halogenated alkanes) is 44. The van der Waals surface area contributed by atoms with Crippen LogP contribution in [0.5, 0.6) is 0 Å². The Morgan fingerprint density at radius 3 is 0.896 bits per heavy atom. The van der Waals surface area contributed by atoms with Gasteiger partial charge in [0.15, 0.2) is 0 Å². The van der Waals surface area contributed by atoms with Crippen LogP contribution in [-0.2, 0) is 4.79 Å². The molecule has 0 aromatic carbocycles. The lowest BCUT2D eigenvalue weighted by atomic mass is 10.00. The summed E-state index contributed by atoms with van der Waals surface area (Å²) < 4.78 is 0. The predicted molar refractivity (Wildman–Crippen MR) is 339 cm³/mol. The van der Waals surface area contributed by atoms with Crippen molar-refractivity contribution in [1.82, 2.24) is 5.32 Å². The van der Waals surface area contributed by atoms with Crippen LogP contribution >= 0.6 is 0 Å². The Kier molecular flexibility index (Phi) is 63.2. The number of hydrogen-bond donors (Lipinski definition) is 5. The second-order valence-electron chi connectivity index (χ2n) is 23.5. The lowest BCUT2D eigenvalue weighted by Crippen LogP contribution is -2.53. The molecule has 6 heteroatoms. The molecule has 4 atom stereocenters. The van der Waals surface area contributed by atoms with Gasteiger partial charge >= 0.3 is 0 Å². The van der Waals surface area contributed by atoms with Crippen LogP contribution in [0.2, 0.25) is 0 Å². The first-order chi connectivity index (χ1) is 38.0. The molecule has 0 aromatic rings. The Balaban J connectivity index is 3.65. The van der Waals surface area contributed by atoms with E-state index in [1.165, 1.54) is 263 Å². The molecule has 5 N–H and O–H groups in total. The van der Waals surface area contributed by atoms with Gasteiger partial charge in [0, 0.05) is 0 Å². The minimum absolute atomic E-state index is 0.357. The molecule has 0 aliphatic rings. The van der Waals surface area contributed by atoms with Gasteiger partial charge in [-0.1, -0.05) is 319 Å². The summed E-state index contributed by atoms with van der Waals surface area (Å²) in [6, 6.07) is -1.02. The number of carbonyl (C=O) groups is 1. The van der Waals surface area contributed by atoms with Crippen molar-refractivity contribution < 1.29 is 25.2 Å². The summed E-state index contributed by atoms with van der Waals surface area (Å²) in [6.07, 6.45) is 86.2. The molecule has 0 saturated heterocycles. The molecule has 452 valence electrons. The Morgan fingerprint density at radius 2 is 0.584 bits per heavy atom. The fourth-order valence-corrected chi connectivity index (χ4v) is 10.6. The smallest absolute Gasteiger partial charge is 0.249 e. The largest absolute Gasteiger partial charge is 0.394 e. The highest BCUT2D eigenvalue weighted by Gasteiger charge is 2.28. The molecule has 0 rings (SSSR count). The summed E-state index contributed by atoms with van der Waals surface area (Å²) in [5.41, 5.74) is 0. The molecular weight excluding hydrogens is 947 g/mol. The molecule has 4 unspecified atom stereocenters. The molecule has 0 radical (unpaired) electrons. The molecule has 0 spiro atoms. The molecule has 0 aliphatic heterocycles. The Morgan fingerprint density at radius 1 is 0.325 bits per heavy atom. The van der Waals surface area contributed by atoms with Crippen LogP contribution in [0, 0.1) is 0 Å². The Hall–Kier alpha value is -1.99. The predicted octanol–water partition coefficient (Wildman–Crippen LogP) is 21.0. The first-order valence-electron chi connectivity index (χ1n) is 34.2. The van der Waals surface area contributed by atoms with Gasteiger partial charge in [-0.05, 0) is 96.3 Å². The summed E-state index contributed by atoms with van der Waals surface area (Å²) in [4.78, 5) is 12.6. The van der Waals surface area contributed by atoms with Crippen molar-refractivity contribution in [2.24, 2.45) is 0 Å². The third-order valence-corrected chi connectivity index (χ3v) is 15.9. The van der Waals surface area contributed by atoms with E-state index in [-0.39, 0.29) is 0 Å². The standard InChI is InChI=1S/C71H133NO5/c1-3-5-7-9-11-13-15-17-19-21-23-25-27-29-31-33-35-37-38-40-42-44-46-48-50-52-54-56-58-60-62-64-68(74)70(76)67(66-73)72-71(77)69(75)65-63-61-59-57-55-53-51-49-47-45-43-41-39-36-34-32-30-28-26-24-22-20-18-16-14-12-10-8-6-4-2/h24,26,30,32,40,42,48,50,56,58,67-70,73-76H,3-23,25,27-29,31,33-39,41,43-47,49,51-55,57,59-66H2,1-2H3,(H,72,77)/b26-24-,32-30-,42-40+,50-48+,58-56+. The third kappa shape index (κ3) is 58.5. The highest BCUT2D eigenvalue weighted by molar-refractivity contribution is 5.80. The average Bonchev–Trinajstić information content (AvgIpc) is 3.43. The van der Waals surface area contributed by atoms with Crippen LogP contribution in [0.3, 0.4) is 0 Å². The minimum atomic E-state index is -1.30. The molecule has 0 fully saturated rings. The highest BCUT2D eigenvalue weighted by Crippen LogP contribution is 2.18. The molecule has 0 saturated carbocycles. The van der Waals surface area contributed by atoms with E-state index in [0.29, 0.717) is 19.3 Å². The fraction of sp³-hybridized carbons (Fsp3) is 0.845. The maximum atomic E-state index is 12.6. The average molecular weight is 1080 g/mol. The Labute approximate surface area is 480 Å². The van der Waals surface area contributed by atoms with E-state index in [1.807, 2.05) is 0 Å². The van der Waals surface area contributed by atoms with Crippen molar-refractivity contribution in [1.29, 1.82) is 0 Å². The van der Waals surface area contributed by atoms with E-state index in [1.54, 1.807) is 0 Å². The number of hydrogen-bond acceptors (Lipinski definition) is 5. The quantitative estimate of drug-likeness (QED) is 0.0308. The summed E-state index contributed by atoms with van der Waals surface area (Å²) in [5.74, 6) is -0.597. The van der Waals surface area contributed by atoms with E-state index < -0.39 is 36.9 Å². The topological polar surface area (TPSA) is 110 Å². The number of amides is 1. The minimum Gasteiger partial charge on any atom is -0.394 e. The number of aliphatic hydroxyl groups excluding tert-OH is 4. The van der Waals surface area contributed by atoms with Gasteiger partial charge in [-0.2, -0.15) is 0 Å². The third-order valence-electron chi connectivity index (χ3n) is 15.9. The normalized spacial score (nSPS) is 13.9. The second kappa shape index (κ2) is 64.8. The Bertz CT molecular complexity index is 1310. The number of nitrogens with one attached hydrogen (secondary N) is 1. The van der Waals surface area contributed by atoms with Crippen molar-refractivity contribution in [3.05, 3.63) is 60.8 Å². The van der Waals surface area contributed by atoms with Crippen molar-refractivity contribution in [3.63, 3.8) is 0 Å². The fourth-order valence-electron chi connectivity index (χ4n) is 10.6. The highest BCUT2D eigenvalue weighted by atomic mass is 16.3. The van der Waals surface area contributed by atoms with Crippen LogP contribution in [0.15, 0.2) is 60.8 Å². The van der Waals surface area contributed by atoms with E-state index >= 15 is 0 Å². The van der Waals surface area contributed by atoms with Crippen molar-refractivity contribution in [3.8, 4) is 0 Å². The van der Waals surface area contributed by atoms with Gasteiger partial charge < -0.3 is 25.7 Å². The van der Waals surface area contributed by atoms with Crippen molar-refractivity contribution in [2.45, 2.75) is 379 Å². The van der Waals surface area contributed by atoms with Gasteiger partial charge in [0.25, 0.3) is 0 Å². The maximum Gasteiger partial charge on any atom is 0.249 e. The molecule has 77 heavy (non-hydrogen) atoms. The zero-order valence-corrected chi connectivity index (χ0v) is 51.5.